The molecule has 0 spiro atoms. The topological polar surface area (TPSA) is 82.7 Å². The van der Waals surface area contributed by atoms with Crippen molar-refractivity contribution in [2.45, 2.75) is 13.0 Å². The maximum Gasteiger partial charge on any atom is 0.407 e. The number of rotatable bonds is 2. The standard InChI is InChI=1S/C12H18N4O2/c1-9(10-2-3-14-11(13)8-10)15-4-6-16(7-5-15)12(17)18/h2-3,8-9H,4-7H2,1H3,(H2,13,14)(H,17,18). The second kappa shape index (κ2) is 5.22. The van der Waals surface area contributed by atoms with E-state index in [0.717, 1.165) is 18.7 Å². The third-order valence-electron chi connectivity index (χ3n) is 3.42. The molecule has 0 aliphatic carbocycles. The van der Waals surface area contributed by atoms with Crippen molar-refractivity contribution in [2.24, 2.45) is 0 Å². The lowest BCUT2D eigenvalue weighted by molar-refractivity contribution is 0.0889. The maximum absolute atomic E-state index is 10.8. The van der Waals surface area contributed by atoms with Gasteiger partial charge in [-0.05, 0) is 24.6 Å². The number of amides is 1. The van der Waals surface area contributed by atoms with E-state index in [4.69, 9.17) is 10.8 Å². The third kappa shape index (κ3) is 2.70. The van der Waals surface area contributed by atoms with Crippen molar-refractivity contribution < 1.29 is 9.90 Å². The summed E-state index contributed by atoms with van der Waals surface area (Å²) < 4.78 is 0. The lowest BCUT2D eigenvalue weighted by atomic mass is 10.1. The number of nitrogens with two attached hydrogens (primary N) is 1. The molecule has 2 rings (SSSR count). The summed E-state index contributed by atoms with van der Waals surface area (Å²) in [5.74, 6) is 0.517. The summed E-state index contributed by atoms with van der Waals surface area (Å²) in [7, 11) is 0. The normalized spacial score (nSPS) is 18.6. The van der Waals surface area contributed by atoms with E-state index in [9.17, 15) is 4.79 Å². The summed E-state index contributed by atoms with van der Waals surface area (Å²) >= 11 is 0. The molecule has 1 atom stereocenters. The second-order valence-electron chi connectivity index (χ2n) is 4.50. The predicted octanol–water partition coefficient (Wildman–Crippen LogP) is 1.02. The average Bonchev–Trinajstić information content (AvgIpc) is 2.38. The van der Waals surface area contributed by atoms with Crippen molar-refractivity contribution in [3.63, 3.8) is 0 Å². The van der Waals surface area contributed by atoms with E-state index in [0.29, 0.717) is 18.9 Å². The highest BCUT2D eigenvalue weighted by Gasteiger charge is 2.24. The number of pyridine rings is 1. The summed E-state index contributed by atoms with van der Waals surface area (Å²) in [6, 6.07) is 4.05. The number of aromatic nitrogens is 1. The van der Waals surface area contributed by atoms with Gasteiger partial charge in [0.25, 0.3) is 0 Å². The molecule has 98 valence electrons. The fourth-order valence-electron chi connectivity index (χ4n) is 2.24. The molecular formula is C12H18N4O2. The lowest BCUT2D eigenvalue weighted by Gasteiger charge is -2.37. The minimum Gasteiger partial charge on any atom is -0.465 e. The average molecular weight is 250 g/mol. The Morgan fingerprint density at radius 1 is 1.44 bits per heavy atom. The van der Waals surface area contributed by atoms with Crippen LogP contribution in [0.5, 0.6) is 0 Å². The molecule has 1 unspecified atom stereocenters. The zero-order chi connectivity index (χ0) is 13.1. The van der Waals surface area contributed by atoms with Crippen molar-refractivity contribution >= 4 is 11.9 Å². The quantitative estimate of drug-likeness (QED) is 0.819. The summed E-state index contributed by atoms with van der Waals surface area (Å²) in [5, 5.41) is 8.90. The van der Waals surface area contributed by atoms with Gasteiger partial charge in [0, 0.05) is 38.4 Å². The first kappa shape index (κ1) is 12.6. The van der Waals surface area contributed by atoms with Crippen LogP contribution in [0, 0.1) is 0 Å². The molecule has 3 N–H and O–H groups in total. The Labute approximate surface area is 106 Å². The molecule has 6 heteroatoms. The number of anilines is 1. The van der Waals surface area contributed by atoms with Crippen molar-refractivity contribution in [2.75, 3.05) is 31.9 Å². The Morgan fingerprint density at radius 2 is 2.11 bits per heavy atom. The fourth-order valence-corrected chi connectivity index (χ4v) is 2.24. The molecule has 1 fully saturated rings. The molecule has 1 saturated heterocycles. The maximum atomic E-state index is 10.8. The minimum atomic E-state index is -0.838. The number of hydrogen-bond acceptors (Lipinski definition) is 4. The van der Waals surface area contributed by atoms with Crippen LogP contribution >= 0.6 is 0 Å². The molecule has 0 bridgehead atoms. The number of hydrogen-bond donors (Lipinski definition) is 2. The van der Waals surface area contributed by atoms with E-state index in [1.54, 1.807) is 6.20 Å². The molecule has 18 heavy (non-hydrogen) atoms. The fraction of sp³-hybridized carbons (Fsp3) is 0.500. The van der Waals surface area contributed by atoms with E-state index < -0.39 is 6.09 Å². The highest BCUT2D eigenvalue weighted by atomic mass is 16.4. The van der Waals surface area contributed by atoms with Crippen LogP contribution in [0.4, 0.5) is 10.6 Å². The van der Waals surface area contributed by atoms with Crippen LogP contribution in [0.3, 0.4) is 0 Å². The largest absolute Gasteiger partial charge is 0.465 e. The molecule has 1 aliphatic heterocycles. The number of carboxylic acid groups (broad SMARTS) is 1. The second-order valence-corrected chi connectivity index (χ2v) is 4.50. The van der Waals surface area contributed by atoms with Crippen LogP contribution in [0.15, 0.2) is 18.3 Å². The Bertz CT molecular complexity index is 430. The first-order valence-electron chi connectivity index (χ1n) is 6.01. The van der Waals surface area contributed by atoms with Crippen LogP contribution in [0.25, 0.3) is 0 Å². The Hall–Kier alpha value is -1.82. The summed E-state index contributed by atoms with van der Waals surface area (Å²) in [5.41, 5.74) is 6.79. The van der Waals surface area contributed by atoms with Gasteiger partial charge < -0.3 is 15.7 Å². The van der Waals surface area contributed by atoms with Crippen LogP contribution in [0.2, 0.25) is 0 Å². The minimum absolute atomic E-state index is 0.228. The van der Waals surface area contributed by atoms with Gasteiger partial charge in [-0.15, -0.1) is 0 Å². The molecule has 1 aliphatic rings. The van der Waals surface area contributed by atoms with Gasteiger partial charge in [-0.1, -0.05) is 0 Å². The van der Waals surface area contributed by atoms with Crippen LogP contribution in [-0.2, 0) is 0 Å². The summed E-state index contributed by atoms with van der Waals surface area (Å²) in [6.45, 7) is 4.71. The van der Waals surface area contributed by atoms with Crippen molar-refractivity contribution in [1.82, 2.24) is 14.8 Å². The van der Waals surface area contributed by atoms with Crippen LogP contribution in [0.1, 0.15) is 18.5 Å². The van der Waals surface area contributed by atoms with E-state index in [1.165, 1.54) is 4.90 Å². The molecule has 0 aromatic carbocycles. The van der Waals surface area contributed by atoms with E-state index in [-0.39, 0.29) is 6.04 Å². The van der Waals surface area contributed by atoms with Crippen LogP contribution < -0.4 is 5.73 Å². The zero-order valence-corrected chi connectivity index (χ0v) is 10.4. The summed E-state index contributed by atoms with van der Waals surface area (Å²) in [6.07, 6.45) is 0.866. The number of carbonyl (C=O) groups is 1. The number of nitrogen functional groups attached to an aromatic ring is 1. The summed E-state index contributed by atoms with van der Waals surface area (Å²) in [4.78, 5) is 18.5. The zero-order valence-electron chi connectivity index (χ0n) is 10.4. The molecule has 0 saturated carbocycles. The SMILES string of the molecule is CC(c1ccnc(N)c1)N1CCN(C(=O)O)CC1. The van der Waals surface area contributed by atoms with Gasteiger partial charge >= 0.3 is 6.09 Å². The molecule has 2 heterocycles. The van der Waals surface area contributed by atoms with Gasteiger partial charge in [0.15, 0.2) is 0 Å². The number of piperazine rings is 1. The first-order valence-corrected chi connectivity index (χ1v) is 6.01. The van der Waals surface area contributed by atoms with Crippen molar-refractivity contribution in [3.8, 4) is 0 Å². The Morgan fingerprint density at radius 3 is 2.67 bits per heavy atom. The lowest BCUT2D eigenvalue weighted by Crippen LogP contribution is -2.48. The molecule has 1 aromatic heterocycles. The van der Waals surface area contributed by atoms with E-state index >= 15 is 0 Å². The van der Waals surface area contributed by atoms with Crippen molar-refractivity contribution in [1.29, 1.82) is 0 Å². The third-order valence-corrected chi connectivity index (χ3v) is 3.42. The monoisotopic (exact) mass is 250 g/mol. The van der Waals surface area contributed by atoms with Gasteiger partial charge in [-0.2, -0.15) is 0 Å². The van der Waals surface area contributed by atoms with Crippen LogP contribution in [-0.4, -0.2) is 52.2 Å². The smallest absolute Gasteiger partial charge is 0.407 e. The molecular weight excluding hydrogens is 232 g/mol. The Balaban J connectivity index is 1.99. The number of nitrogens with zero attached hydrogens (tertiary/aromatic N) is 3. The predicted molar refractivity (Wildman–Crippen MR) is 68.2 cm³/mol. The Kier molecular flexibility index (Phi) is 3.66. The first-order chi connectivity index (χ1) is 8.58. The molecule has 0 radical (unpaired) electrons. The van der Waals surface area contributed by atoms with Gasteiger partial charge in [0.05, 0.1) is 0 Å². The van der Waals surface area contributed by atoms with Gasteiger partial charge in [-0.3, -0.25) is 4.90 Å². The molecule has 1 aromatic rings. The molecule has 1 amide bonds. The van der Waals surface area contributed by atoms with E-state index in [2.05, 4.69) is 16.8 Å². The van der Waals surface area contributed by atoms with Crippen molar-refractivity contribution in [3.05, 3.63) is 23.9 Å². The van der Waals surface area contributed by atoms with Gasteiger partial charge in [0.1, 0.15) is 5.82 Å². The van der Waals surface area contributed by atoms with Gasteiger partial charge in [-0.25, -0.2) is 9.78 Å². The van der Waals surface area contributed by atoms with E-state index in [1.807, 2.05) is 12.1 Å². The highest BCUT2D eigenvalue weighted by Crippen LogP contribution is 2.22. The highest BCUT2D eigenvalue weighted by molar-refractivity contribution is 5.65. The van der Waals surface area contributed by atoms with Gasteiger partial charge in [0.2, 0.25) is 0 Å². The molecule has 6 nitrogen and oxygen atoms in total.